The van der Waals surface area contributed by atoms with Crippen LogP contribution in [0, 0.1) is 6.92 Å². The Bertz CT molecular complexity index is 312. The molecule has 0 fully saturated rings. The van der Waals surface area contributed by atoms with E-state index in [0.717, 1.165) is 11.1 Å². The highest BCUT2D eigenvalue weighted by Crippen LogP contribution is 2.27. The number of halogens is 1. The third-order valence-electron chi connectivity index (χ3n) is 1.89. The Morgan fingerprint density at radius 1 is 1.29 bits per heavy atom. The summed E-state index contributed by atoms with van der Waals surface area (Å²) >= 11 is 5.95. The molecular formula is C10H13ClO3. The van der Waals surface area contributed by atoms with Gasteiger partial charge in [-0.3, -0.25) is 0 Å². The summed E-state index contributed by atoms with van der Waals surface area (Å²) in [7, 11) is 3.06. The summed E-state index contributed by atoms with van der Waals surface area (Å²) in [6.45, 7) is 2.27. The molecule has 0 amide bonds. The van der Waals surface area contributed by atoms with Crippen molar-refractivity contribution in [1.29, 1.82) is 0 Å². The van der Waals surface area contributed by atoms with Gasteiger partial charge in [-0.1, -0.05) is 11.6 Å². The van der Waals surface area contributed by atoms with Crippen molar-refractivity contribution >= 4 is 11.6 Å². The van der Waals surface area contributed by atoms with Crippen molar-refractivity contribution in [1.82, 2.24) is 0 Å². The van der Waals surface area contributed by atoms with Crippen LogP contribution in [0.15, 0.2) is 12.1 Å². The first-order valence-electron chi connectivity index (χ1n) is 4.17. The monoisotopic (exact) mass is 216 g/mol. The predicted molar refractivity (Wildman–Crippen MR) is 54.5 cm³/mol. The van der Waals surface area contributed by atoms with Crippen LogP contribution in [0.25, 0.3) is 0 Å². The molecule has 0 atom stereocenters. The molecule has 0 aliphatic rings. The lowest BCUT2D eigenvalue weighted by Crippen LogP contribution is -1.97. The van der Waals surface area contributed by atoms with Crippen LogP contribution in [-0.4, -0.2) is 14.2 Å². The highest BCUT2D eigenvalue weighted by Gasteiger charge is 2.06. The zero-order valence-corrected chi connectivity index (χ0v) is 9.22. The highest BCUT2D eigenvalue weighted by molar-refractivity contribution is 6.31. The predicted octanol–water partition coefficient (Wildman–Crippen LogP) is 2.74. The SMILES string of the molecule is COOCc1cc(C)c(Cl)cc1OC. The molecule has 0 aromatic heterocycles. The standard InChI is InChI=1S/C10H13ClO3/c1-7-4-8(6-14-13-3)10(12-2)5-9(7)11/h4-5H,6H2,1-3H3. The minimum atomic E-state index is 0.345. The highest BCUT2D eigenvalue weighted by atomic mass is 35.5. The van der Waals surface area contributed by atoms with Gasteiger partial charge in [-0.05, 0) is 24.6 Å². The summed E-state index contributed by atoms with van der Waals surface area (Å²) in [4.78, 5) is 9.36. The Morgan fingerprint density at radius 3 is 2.57 bits per heavy atom. The summed E-state index contributed by atoms with van der Waals surface area (Å²) < 4.78 is 5.16. The fourth-order valence-electron chi connectivity index (χ4n) is 1.15. The van der Waals surface area contributed by atoms with E-state index in [1.165, 1.54) is 7.11 Å². The summed E-state index contributed by atoms with van der Waals surface area (Å²) in [6.07, 6.45) is 0. The molecule has 4 heteroatoms. The second-order valence-corrected chi connectivity index (χ2v) is 3.25. The molecule has 0 heterocycles. The van der Waals surface area contributed by atoms with Gasteiger partial charge in [-0.2, -0.15) is 0 Å². The van der Waals surface area contributed by atoms with Gasteiger partial charge in [-0.15, -0.1) is 0 Å². The number of hydrogen-bond donors (Lipinski definition) is 0. The van der Waals surface area contributed by atoms with Crippen LogP contribution >= 0.6 is 11.6 Å². The molecule has 0 saturated carbocycles. The van der Waals surface area contributed by atoms with Crippen LogP contribution in [0.5, 0.6) is 5.75 Å². The van der Waals surface area contributed by atoms with Crippen molar-refractivity contribution < 1.29 is 14.5 Å². The molecule has 0 saturated heterocycles. The molecule has 3 nitrogen and oxygen atoms in total. The van der Waals surface area contributed by atoms with Crippen molar-refractivity contribution in [3.8, 4) is 5.75 Å². The molecule has 0 aliphatic carbocycles. The van der Waals surface area contributed by atoms with Gasteiger partial charge >= 0.3 is 0 Å². The maximum Gasteiger partial charge on any atom is 0.126 e. The van der Waals surface area contributed by atoms with Crippen LogP contribution in [-0.2, 0) is 16.4 Å². The summed E-state index contributed by atoms with van der Waals surface area (Å²) in [6, 6.07) is 3.69. The number of methoxy groups -OCH3 is 1. The summed E-state index contributed by atoms with van der Waals surface area (Å²) in [5.41, 5.74) is 1.90. The van der Waals surface area contributed by atoms with Crippen LogP contribution in [0.1, 0.15) is 11.1 Å². The second-order valence-electron chi connectivity index (χ2n) is 2.84. The van der Waals surface area contributed by atoms with E-state index in [0.29, 0.717) is 17.4 Å². The fraction of sp³-hybridized carbons (Fsp3) is 0.400. The summed E-state index contributed by atoms with van der Waals surface area (Å²) in [5.74, 6) is 0.706. The van der Waals surface area contributed by atoms with E-state index in [4.69, 9.17) is 21.2 Å². The number of ether oxygens (including phenoxy) is 1. The average molecular weight is 217 g/mol. The lowest BCUT2D eigenvalue weighted by molar-refractivity contribution is -0.282. The number of benzene rings is 1. The number of hydrogen-bond acceptors (Lipinski definition) is 3. The first-order valence-corrected chi connectivity index (χ1v) is 4.55. The molecule has 1 aromatic carbocycles. The van der Waals surface area contributed by atoms with Crippen molar-refractivity contribution in [3.05, 3.63) is 28.3 Å². The Balaban J connectivity index is 2.95. The first kappa shape index (κ1) is 11.3. The molecular weight excluding hydrogens is 204 g/mol. The molecule has 0 N–H and O–H groups in total. The summed E-state index contributed by atoms with van der Waals surface area (Å²) in [5, 5.41) is 0.683. The lowest BCUT2D eigenvalue weighted by atomic mass is 10.1. The van der Waals surface area contributed by atoms with E-state index in [1.807, 2.05) is 13.0 Å². The van der Waals surface area contributed by atoms with Gasteiger partial charge in [0.25, 0.3) is 0 Å². The zero-order valence-electron chi connectivity index (χ0n) is 8.46. The average Bonchev–Trinajstić information content (AvgIpc) is 2.19. The topological polar surface area (TPSA) is 27.7 Å². The van der Waals surface area contributed by atoms with E-state index >= 15 is 0 Å². The molecule has 0 radical (unpaired) electrons. The van der Waals surface area contributed by atoms with Crippen molar-refractivity contribution in [3.63, 3.8) is 0 Å². The third-order valence-corrected chi connectivity index (χ3v) is 2.30. The van der Waals surface area contributed by atoms with Crippen molar-refractivity contribution in [2.75, 3.05) is 14.2 Å². The molecule has 1 rings (SSSR count). The first-order chi connectivity index (χ1) is 6.69. The molecule has 78 valence electrons. The van der Waals surface area contributed by atoms with E-state index in [9.17, 15) is 0 Å². The zero-order chi connectivity index (χ0) is 10.6. The van der Waals surface area contributed by atoms with Gasteiger partial charge < -0.3 is 4.74 Å². The molecule has 0 bridgehead atoms. The molecule has 0 spiro atoms. The van der Waals surface area contributed by atoms with Gasteiger partial charge in [0.05, 0.1) is 14.2 Å². The molecule has 0 unspecified atom stereocenters. The maximum atomic E-state index is 5.95. The van der Waals surface area contributed by atoms with Crippen LogP contribution in [0.4, 0.5) is 0 Å². The van der Waals surface area contributed by atoms with E-state index < -0.39 is 0 Å². The minimum absolute atomic E-state index is 0.345. The number of rotatable bonds is 4. The lowest BCUT2D eigenvalue weighted by Gasteiger charge is -2.09. The van der Waals surface area contributed by atoms with Gasteiger partial charge in [0.2, 0.25) is 0 Å². The van der Waals surface area contributed by atoms with E-state index in [2.05, 4.69) is 4.89 Å². The van der Waals surface area contributed by atoms with Crippen molar-refractivity contribution in [2.45, 2.75) is 13.5 Å². The van der Waals surface area contributed by atoms with E-state index in [1.54, 1.807) is 13.2 Å². The number of aryl methyl sites for hydroxylation is 1. The van der Waals surface area contributed by atoms with Crippen LogP contribution in [0.3, 0.4) is 0 Å². The Hall–Kier alpha value is -0.770. The van der Waals surface area contributed by atoms with Crippen molar-refractivity contribution in [2.24, 2.45) is 0 Å². The normalized spacial score (nSPS) is 10.3. The molecule has 14 heavy (non-hydrogen) atoms. The largest absolute Gasteiger partial charge is 0.496 e. The quantitative estimate of drug-likeness (QED) is 0.572. The Labute approximate surface area is 88.5 Å². The Morgan fingerprint density at radius 2 is 2.00 bits per heavy atom. The van der Waals surface area contributed by atoms with Crippen LogP contribution < -0.4 is 4.74 Å². The smallest absolute Gasteiger partial charge is 0.126 e. The van der Waals surface area contributed by atoms with Gasteiger partial charge in [-0.25, -0.2) is 9.78 Å². The van der Waals surface area contributed by atoms with Crippen LogP contribution in [0.2, 0.25) is 5.02 Å². The molecule has 1 aromatic rings. The van der Waals surface area contributed by atoms with E-state index in [-0.39, 0.29) is 0 Å². The van der Waals surface area contributed by atoms with Gasteiger partial charge in [0.1, 0.15) is 12.4 Å². The third kappa shape index (κ3) is 2.61. The van der Waals surface area contributed by atoms with Gasteiger partial charge in [0.15, 0.2) is 0 Å². The molecule has 0 aliphatic heterocycles. The minimum Gasteiger partial charge on any atom is -0.496 e. The van der Waals surface area contributed by atoms with Gasteiger partial charge in [0, 0.05) is 10.6 Å². The fourth-order valence-corrected chi connectivity index (χ4v) is 1.30. The maximum absolute atomic E-state index is 5.95. The Kier molecular flexibility index (Phi) is 4.20. The second kappa shape index (κ2) is 5.20.